The Morgan fingerprint density at radius 1 is 1.09 bits per heavy atom. The maximum Gasteiger partial charge on any atom is 0.279 e. The van der Waals surface area contributed by atoms with E-state index in [0.29, 0.717) is 29.2 Å². The molecule has 0 saturated carbocycles. The van der Waals surface area contributed by atoms with Crippen molar-refractivity contribution in [3.63, 3.8) is 0 Å². The first-order chi connectivity index (χ1) is 15.1. The molecule has 10 nitrogen and oxygen atoms in total. The number of nitrogens with zero attached hydrogens (tertiary/aromatic N) is 3. The van der Waals surface area contributed by atoms with E-state index in [1.54, 1.807) is 18.2 Å². The number of piperidine rings is 1. The molecule has 0 aliphatic carbocycles. The predicted molar refractivity (Wildman–Crippen MR) is 113 cm³/mol. The number of halogens is 1. The van der Waals surface area contributed by atoms with Gasteiger partial charge in [-0.2, -0.15) is 0 Å². The Balaban J connectivity index is 1.55. The highest BCUT2D eigenvalue weighted by molar-refractivity contribution is 6.31. The topological polar surface area (TPSA) is 133 Å². The first-order valence-corrected chi connectivity index (χ1v) is 10.2. The zero-order valence-corrected chi connectivity index (χ0v) is 17.8. The first-order valence-electron chi connectivity index (χ1n) is 9.85. The van der Waals surface area contributed by atoms with Gasteiger partial charge in [-0.25, -0.2) is 0 Å². The summed E-state index contributed by atoms with van der Waals surface area (Å²) in [4.78, 5) is 48.2. The largest absolute Gasteiger partial charge is 0.486 e. The van der Waals surface area contributed by atoms with Gasteiger partial charge in [0.25, 0.3) is 17.3 Å². The lowest BCUT2D eigenvalue weighted by atomic mass is 9.82. The molecule has 1 fully saturated rings. The average molecular weight is 460 g/mol. The maximum absolute atomic E-state index is 13.0. The van der Waals surface area contributed by atoms with Crippen molar-refractivity contribution in [2.45, 2.75) is 31.8 Å². The number of rotatable bonds is 3. The number of hydrogen-bond donors (Lipinski definition) is 0. The Hall–Kier alpha value is -3.53. The quantitative estimate of drug-likeness (QED) is 0.498. The fourth-order valence-electron chi connectivity index (χ4n) is 4.23. The fraction of sp³-hybridized carbons (Fsp3) is 0.333. The van der Waals surface area contributed by atoms with E-state index in [-0.39, 0.29) is 36.4 Å². The monoisotopic (exact) mass is 459 g/mol. The number of benzene rings is 2. The molecule has 1 spiro atoms. The van der Waals surface area contributed by atoms with Gasteiger partial charge in [-0.1, -0.05) is 11.6 Å². The molecule has 1 saturated heterocycles. The predicted octanol–water partition coefficient (Wildman–Crippen LogP) is 4.11. The van der Waals surface area contributed by atoms with Crippen LogP contribution in [0.3, 0.4) is 0 Å². The minimum absolute atomic E-state index is 0.0849. The van der Waals surface area contributed by atoms with Crippen molar-refractivity contribution in [2.75, 3.05) is 13.1 Å². The number of ether oxygens (including phenoxy) is 1. The first kappa shape index (κ1) is 21.7. The number of nitro groups is 2. The molecule has 0 bridgehead atoms. The van der Waals surface area contributed by atoms with Crippen LogP contribution in [0.25, 0.3) is 0 Å². The van der Waals surface area contributed by atoms with Crippen LogP contribution in [0.2, 0.25) is 5.02 Å². The second kappa shape index (κ2) is 7.86. The van der Waals surface area contributed by atoms with Crippen molar-refractivity contribution in [3.05, 3.63) is 72.3 Å². The summed E-state index contributed by atoms with van der Waals surface area (Å²) in [5, 5.41) is 23.1. The molecule has 11 heteroatoms. The minimum atomic E-state index is -0.750. The van der Waals surface area contributed by atoms with Crippen molar-refractivity contribution in [1.82, 2.24) is 4.90 Å². The van der Waals surface area contributed by atoms with Gasteiger partial charge < -0.3 is 9.64 Å². The summed E-state index contributed by atoms with van der Waals surface area (Å²) in [5.41, 5.74) is -1.51. The van der Waals surface area contributed by atoms with E-state index >= 15 is 0 Å². The summed E-state index contributed by atoms with van der Waals surface area (Å²) in [7, 11) is 0. The number of carbonyl (C=O) groups is 2. The summed E-state index contributed by atoms with van der Waals surface area (Å²) in [6.07, 6.45) is 0.912. The van der Waals surface area contributed by atoms with Crippen molar-refractivity contribution in [1.29, 1.82) is 0 Å². The van der Waals surface area contributed by atoms with Gasteiger partial charge >= 0.3 is 0 Å². The van der Waals surface area contributed by atoms with E-state index < -0.39 is 32.7 Å². The average Bonchev–Trinajstić information content (AvgIpc) is 2.74. The Labute approximate surface area is 187 Å². The molecule has 1 amide bonds. The number of fused-ring (bicyclic) bond motifs is 1. The zero-order valence-electron chi connectivity index (χ0n) is 17.0. The third kappa shape index (κ3) is 3.77. The third-order valence-electron chi connectivity index (χ3n) is 6.01. The molecular formula is C21H18ClN3O7. The van der Waals surface area contributed by atoms with Crippen molar-refractivity contribution in [3.8, 4) is 5.75 Å². The number of ketones is 1. The van der Waals surface area contributed by atoms with Crippen molar-refractivity contribution < 1.29 is 24.2 Å². The van der Waals surface area contributed by atoms with Gasteiger partial charge in [-0.05, 0) is 25.1 Å². The van der Waals surface area contributed by atoms with Crippen LogP contribution in [0.4, 0.5) is 11.4 Å². The van der Waals surface area contributed by atoms with E-state index in [0.717, 1.165) is 12.1 Å². The molecule has 166 valence electrons. The molecule has 2 aliphatic rings. The smallest absolute Gasteiger partial charge is 0.279 e. The lowest BCUT2D eigenvalue weighted by molar-refractivity contribution is -0.395. The summed E-state index contributed by atoms with van der Waals surface area (Å²) < 4.78 is 6.14. The number of amides is 1. The summed E-state index contributed by atoms with van der Waals surface area (Å²) in [6, 6.07) is 6.99. The van der Waals surface area contributed by atoms with Crippen molar-refractivity contribution in [2.24, 2.45) is 0 Å². The van der Waals surface area contributed by atoms with Crippen LogP contribution in [0.15, 0.2) is 30.3 Å². The molecule has 0 radical (unpaired) electrons. The van der Waals surface area contributed by atoms with Gasteiger partial charge in [0.15, 0.2) is 5.78 Å². The number of Topliss-reactive ketones (excluding diaryl/α,β-unsaturated/α-hetero) is 1. The maximum atomic E-state index is 13.0. The van der Waals surface area contributed by atoms with Crippen molar-refractivity contribution >= 4 is 34.7 Å². The molecule has 2 aromatic carbocycles. The van der Waals surface area contributed by atoms with Crippen LogP contribution in [0.1, 0.15) is 45.5 Å². The molecule has 2 heterocycles. The van der Waals surface area contributed by atoms with Crippen LogP contribution in [-0.4, -0.2) is 45.1 Å². The van der Waals surface area contributed by atoms with E-state index in [1.165, 1.54) is 11.8 Å². The molecule has 2 aromatic rings. The van der Waals surface area contributed by atoms with Gasteiger partial charge in [-0.15, -0.1) is 0 Å². The molecule has 0 N–H and O–H groups in total. The van der Waals surface area contributed by atoms with E-state index in [1.807, 2.05) is 0 Å². The number of carbonyl (C=O) groups excluding carboxylic acids is 2. The standard InChI is InChI=1S/C21H18ClN3O7/c1-12-16(24(28)29)8-13(9-17(12)25(30)31)20(27)23-6-4-21(5-7-23)11-18(26)15-10-14(22)2-3-19(15)32-21/h2-3,8-10H,4-7,11H2,1H3. The Morgan fingerprint density at radius 2 is 1.69 bits per heavy atom. The molecule has 0 aromatic heterocycles. The summed E-state index contributed by atoms with van der Waals surface area (Å²) >= 11 is 5.97. The van der Waals surface area contributed by atoms with Crippen LogP contribution in [0.5, 0.6) is 5.75 Å². The highest BCUT2D eigenvalue weighted by Gasteiger charge is 2.44. The molecule has 2 aliphatic heterocycles. The number of hydrogen-bond acceptors (Lipinski definition) is 7. The van der Waals surface area contributed by atoms with Crippen LogP contribution in [0, 0.1) is 27.2 Å². The summed E-state index contributed by atoms with van der Waals surface area (Å²) in [5.74, 6) is -0.172. The molecule has 0 unspecified atom stereocenters. The Bertz CT molecular complexity index is 1140. The van der Waals surface area contributed by atoms with Crippen LogP contribution in [-0.2, 0) is 0 Å². The molecular weight excluding hydrogens is 442 g/mol. The van der Waals surface area contributed by atoms with Crippen LogP contribution >= 0.6 is 11.6 Å². The third-order valence-corrected chi connectivity index (χ3v) is 6.24. The van der Waals surface area contributed by atoms with Crippen LogP contribution < -0.4 is 4.74 Å². The van der Waals surface area contributed by atoms with E-state index in [4.69, 9.17) is 16.3 Å². The minimum Gasteiger partial charge on any atom is -0.486 e. The Kier molecular flexibility index (Phi) is 5.33. The zero-order chi connectivity index (χ0) is 23.2. The van der Waals surface area contributed by atoms with Gasteiger partial charge in [0.2, 0.25) is 0 Å². The van der Waals surface area contributed by atoms with Gasteiger partial charge in [0, 0.05) is 43.1 Å². The molecule has 4 rings (SSSR count). The van der Waals surface area contributed by atoms with Gasteiger partial charge in [0.1, 0.15) is 16.9 Å². The molecule has 32 heavy (non-hydrogen) atoms. The second-order valence-corrected chi connectivity index (χ2v) is 8.41. The fourth-order valence-corrected chi connectivity index (χ4v) is 4.40. The highest BCUT2D eigenvalue weighted by Crippen LogP contribution is 2.40. The lowest BCUT2D eigenvalue weighted by Gasteiger charge is -2.44. The van der Waals surface area contributed by atoms with E-state index in [2.05, 4.69) is 0 Å². The lowest BCUT2D eigenvalue weighted by Crippen LogP contribution is -2.52. The normalized spacial score (nSPS) is 16.9. The SMILES string of the molecule is Cc1c([N+](=O)[O-])cc(C(=O)N2CCC3(CC2)CC(=O)c2cc(Cl)ccc2O3)cc1[N+](=O)[O-]. The number of nitro benzene ring substituents is 2. The van der Waals surface area contributed by atoms with E-state index in [9.17, 15) is 29.8 Å². The molecule has 0 atom stereocenters. The number of likely N-dealkylation sites (tertiary alicyclic amines) is 1. The van der Waals surface area contributed by atoms with Gasteiger partial charge in [-0.3, -0.25) is 29.8 Å². The second-order valence-electron chi connectivity index (χ2n) is 7.97. The summed E-state index contributed by atoms with van der Waals surface area (Å²) in [6.45, 7) is 1.76. The highest BCUT2D eigenvalue weighted by atomic mass is 35.5. The Morgan fingerprint density at radius 3 is 2.25 bits per heavy atom. The van der Waals surface area contributed by atoms with Gasteiger partial charge in [0.05, 0.1) is 27.4 Å².